The van der Waals surface area contributed by atoms with E-state index in [0.717, 1.165) is 18.6 Å². The van der Waals surface area contributed by atoms with Crippen LogP contribution < -0.4 is 9.64 Å². The summed E-state index contributed by atoms with van der Waals surface area (Å²) in [6.07, 6.45) is 2.02. The van der Waals surface area contributed by atoms with Gasteiger partial charge in [0.1, 0.15) is 5.75 Å². The molecule has 0 saturated heterocycles. The molecule has 0 radical (unpaired) electrons. The first-order chi connectivity index (χ1) is 12.0. The SMILES string of the molecule is COc1ccc(C(=O)[C@H](C)Sc2nnc(N(C(C)=O)C3CC3)s2)cc1. The van der Waals surface area contributed by atoms with E-state index in [1.807, 2.05) is 6.92 Å². The van der Waals surface area contributed by atoms with Gasteiger partial charge in [0.2, 0.25) is 11.0 Å². The molecule has 1 aromatic heterocycles. The molecule has 1 aliphatic rings. The number of ketones is 1. The van der Waals surface area contributed by atoms with Gasteiger partial charge in [-0.05, 0) is 44.0 Å². The summed E-state index contributed by atoms with van der Waals surface area (Å²) in [4.78, 5) is 26.0. The fraction of sp³-hybridized carbons (Fsp3) is 0.412. The molecule has 1 atom stereocenters. The van der Waals surface area contributed by atoms with Crippen molar-refractivity contribution in [3.05, 3.63) is 29.8 Å². The highest BCUT2D eigenvalue weighted by molar-refractivity contribution is 8.02. The normalized spacial score (nSPS) is 14.8. The zero-order chi connectivity index (χ0) is 18.0. The Morgan fingerprint density at radius 2 is 1.96 bits per heavy atom. The minimum atomic E-state index is -0.291. The summed E-state index contributed by atoms with van der Waals surface area (Å²) >= 11 is 2.72. The lowest BCUT2D eigenvalue weighted by Gasteiger charge is -2.15. The highest BCUT2D eigenvalue weighted by Gasteiger charge is 2.34. The third-order valence-electron chi connectivity index (χ3n) is 3.87. The molecule has 3 rings (SSSR count). The Bertz CT molecular complexity index is 772. The largest absolute Gasteiger partial charge is 0.497 e. The molecule has 6 nitrogen and oxygen atoms in total. The molecule has 1 amide bonds. The van der Waals surface area contributed by atoms with Crippen molar-refractivity contribution < 1.29 is 14.3 Å². The van der Waals surface area contributed by atoms with Crippen LogP contribution in [-0.4, -0.2) is 40.3 Å². The Morgan fingerprint density at radius 1 is 1.28 bits per heavy atom. The van der Waals surface area contributed by atoms with Crippen LogP contribution in [0.15, 0.2) is 28.6 Å². The summed E-state index contributed by atoms with van der Waals surface area (Å²) in [5, 5.41) is 8.59. The Balaban J connectivity index is 1.67. The van der Waals surface area contributed by atoms with Gasteiger partial charge >= 0.3 is 0 Å². The Kier molecular flexibility index (Phi) is 5.39. The number of anilines is 1. The van der Waals surface area contributed by atoms with Crippen molar-refractivity contribution in [1.29, 1.82) is 0 Å². The Hall–Kier alpha value is -1.93. The van der Waals surface area contributed by atoms with Gasteiger partial charge in [-0.3, -0.25) is 14.5 Å². The summed E-state index contributed by atoms with van der Waals surface area (Å²) in [7, 11) is 1.59. The maximum absolute atomic E-state index is 12.5. The number of hydrogen-bond acceptors (Lipinski definition) is 7. The standard InChI is InChI=1S/C17H19N3O3S2/c1-10(15(22)12-4-8-14(23-3)9-5-12)24-17-19-18-16(25-17)20(11(2)21)13-6-7-13/h4-5,8-10,13H,6-7H2,1-3H3/t10-/m0/s1. The van der Waals surface area contributed by atoms with Crippen LogP contribution in [0.1, 0.15) is 37.0 Å². The Labute approximate surface area is 154 Å². The van der Waals surface area contributed by atoms with E-state index in [0.29, 0.717) is 15.0 Å². The van der Waals surface area contributed by atoms with Gasteiger partial charge in [-0.15, -0.1) is 10.2 Å². The van der Waals surface area contributed by atoms with E-state index in [2.05, 4.69) is 10.2 Å². The maximum Gasteiger partial charge on any atom is 0.225 e. The van der Waals surface area contributed by atoms with Crippen molar-refractivity contribution in [3.63, 3.8) is 0 Å². The van der Waals surface area contributed by atoms with Crippen molar-refractivity contribution in [2.24, 2.45) is 0 Å². The molecule has 0 aliphatic heterocycles. The number of nitrogens with zero attached hydrogens (tertiary/aromatic N) is 3. The number of amides is 1. The van der Waals surface area contributed by atoms with Gasteiger partial charge in [-0.2, -0.15) is 0 Å². The van der Waals surface area contributed by atoms with Gasteiger partial charge in [-0.1, -0.05) is 23.1 Å². The van der Waals surface area contributed by atoms with Crippen molar-refractivity contribution in [2.45, 2.75) is 42.3 Å². The van der Waals surface area contributed by atoms with E-state index in [9.17, 15) is 9.59 Å². The summed E-state index contributed by atoms with van der Waals surface area (Å²) in [6, 6.07) is 7.31. The molecule has 2 aromatic rings. The average Bonchev–Trinajstić information content (AvgIpc) is 3.33. The van der Waals surface area contributed by atoms with Crippen molar-refractivity contribution in [3.8, 4) is 5.75 Å². The van der Waals surface area contributed by atoms with Crippen LogP contribution in [0.3, 0.4) is 0 Å². The second-order valence-electron chi connectivity index (χ2n) is 5.82. The number of aromatic nitrogens is 2. The third kappa shape index (κ3) is 4.19. The molecule has 1 heterocycles. The van der Waals surface area contributed by atoms with Gasteiger partial charge < -0.3 is 4.74 Å². The summed E-state index contributed by atoms with van der Waals surface area (Å²) < 4.78 is 5.80. The van der Waals surface area contributed by atoms with Crippen LogP contribution in [0.25, 0.3) is 0 Å². The van der Waals surface area contributed by atoms with Gasteiger partial charge in [-0.25, -0.2) is 0 Å². The van der Waals surface area contributed by atoms with Crippen LogP contribution >= 0.6 is 23.1 Å². The van der Waals surface area contributed by atoms with Crippen molar-refractivity contribution in [1.82, 2.24) is 10.2 Å². The fourth-order valence-electron chi connectivity index (χ4n) is 2.42. The van der Waals surface area contributed by atoms with E-state index in [1.165, 1.54) is 23.1 Å². The number of carbonyl (C=O) groups excluding carboxylic acids is 2. The predicted octanol–water partition coefficient (Wildman–Crippen LogP) is 3.43. The highest BCUT2D eigenvalue weighted by atomic mass is 32.2. The van der Waals surface area contributed by atoms with Crippen molar-refractivity contribution in [2.75, 3.05) is 12.0 Å². The first kappa shape index (κ1) is 17.9. The first-order valence-corrected chi connectivity index (χ1v) is 9.67. The monoisotopic (exact) mass is 377 g/mol. The first-order valence-electron chi connectivity index (χ1n) is 7.98. The molecular weight excluding hydrogens is 358 g/mol. The van der Waals surface area contributed by atoms with E-state index in [1.54, 1.807) is 43.2 Å². The lowest BCUT2D eigenvalue weighted by Crippen LogP contribution is -2.30. The lowest BCUT2D eigenvalue weighted by molar-refractivity contribution is -0.116. The quantitative estimate of drug-likeness (QED) is 0.418. The number of carbonyl (C=O) groups is 2. The molecule has 1 fully saturated rings. The molecule has 1 aromatic carbocycles. The number of rotatable bonds is 7. The zero-order valence-corrected chi connectivity index (χ0v) is 15.9. The third-order valence-corrected chi connectivity index (χ3v) is 5.98. The smallest absolute Gasteiger partial charge is 0.225 e. The number of benzene rings is 1. The highest BCUT2D eigenvalue weighted by Crippen LogP contribution is 2.37. The van der Waals surface area contributed by atoms with Crippen molar-refractivity contribution >= 4 is 39.9 Å². The fourth-order valence-corrected chi connectivity index (χ4v) is 4.60. The van der Waals surface area contributed by atoms with Gasteiger partial charge in [0.15, 0.2) is 10.1 Å². The summed E-state index contributed by atoms with van der Waals surface area (Å²) in [5.41, 5.74) is 0.633. The van der Waals surface area contributed by atoms with E-state index >= 15 is 0 Å². The number of hydrogen-bond donors (Lipinski definition) is 0. The minimum Gasteiger partial charge on any atom is -0.497 e. The molecule has 0 spiro atoms. The molecule has 0 unspecified atom stereocenters. The van der Waals surface area contributed by atoms with Crippen LogP contribution in [0.2, 0.25) is 0 Å². The number of ether oxygens (including phenoxy) is 1. The molecule has 1 aliphatic carbocycles. The molecule has 0 bridgehead atoms. The minimum absolute atomic E-state index is 0.0162. The van der Waals surface area contributed by atoms with Gasteiger partial charge in [0.05, 0.1) is 12.4 Å². The van der Waals surface area contributed by atoms with Crippen LogP contribution in [0.4, 0.5) is 5.13 Å². The zero-order valence-electron chi connectivity index (χ0n) is 14.3. The average molecular weight is 377 g/mol. The predicted molar refractivity (Wildman–Crippen MR) is 98.7 cm³/mol. The molecule has 132 valence electrons. The maximum atomic E-state index is 12.5. The molecule has 8 heteroatoms. The number of Topliss-reactive ketones (excluding diaryl/α,β-unsaturated/α-hetero) is 1. The Morgan fingerprint density at radius 3 is 2.52 bits per heavy atom. The molecule has 25 heavy (non-hydrogen) atoms. The van der Waals surface area contributed by atoms with Crippen LogP contribution in [-0.2, 0) is 4.79 Å². The van der Waals surface area contributed by atoms with Gasteiger partial charge in [0.25, 0.3) is 0 Å². The number of methoxy groups -OCH3 is 1. The van der Waals surface area contributed by atoms with Crippen LogP contribution in [0, 0.1) is 0 Å². The summed E-state index contributed by atoms with van der Waals surface area (Å²) in [5.74, 6) is 0.725. The lowest BCUT2D eigenvalue weighted by atomic mass is 10.1. The van der Waals surface area contributed by atoms with E-state index in [4.69, 9.17) is 4.74 Å². The summed E-state index contributed by atoms with van der Waals surface area (Å²) in [6.45, 7) is 3.39. The van der Waals surface area contributed by atoms with Crippen LogP contribution in [0.5, 0.6) is 5.75 Å². The molecule has 0 N–H and O–H groups in total. The second-order valence-corrected chi connectivity index (χ2v) is 8.37. The second kappa shape index (κ2) is 7.53. The van der Waals surface area contributed by atoms with E-state index < -0.39 is 0 Å². The number of thioether (sulfide) groups is 1. The van der Waals surface area contributed by atoms with E-state index in [-0.39, 0.29) is 23.0 Å². The molecule has 1 saturated carbocycles. The van der Waals surface area contributed by atoms with Gasteiger partial charge in [0, 0.05) is 18.5 Å². The molecular formula is C17H19N3O3S2. The topological polar surface area (TPSA) is 72.4 Å².